The van der Waals surface area contributed by atoms with Crippen LogP contribution in [0, 0.1) is 0 Å². The van der Waals surface area contributed by atoms with Crippen LogP contribution in [0.25, 0.3) is 0 Å². The van der Waals surface area contributed by atoms with Crippen molar-refractivity contribution in [1.82, 2.24) is 19.6 Å². The van der Waals surface area contributed by atoms with Crippen molar-refractivity contribution in [3.8, 4) is 0 Å². The third kappa shape index (κ3) is 2.85. The number of carbonyl (C=O) groups excluding carboxylic acids is 1. The zero-order valence-corrected chi connectivity index (χ0v) is 14.3. The molecule has 2 fully saturated rings. The van der Waals surface area contributed by atoms with Crippen LogP contribution in [0.15, 0.2) is 23.0 Å². The molecule has 6 heteroatoms. The number of aromatic nitrogens is 3. The fraction of sp³-hybridized carbons (Fsp3) is 0.611. The summed E-state index contributed by atoms with van der Waals surface area (Å²) in [5.74, 6) is 2.80. The van der Waals surface area contributed by atoms with Crippen LogP contribution in [-0.2, 0) is 0 Å². The predicted octanol–water partition coefficient (Wildman–Crippen LogP) is 3.35. The molecule has 128 valence electrons. The Morgan fingerprint density at radius 3 is 2.92 bits per heavy atom. The lowest BCUT2D eigenvalue weighted by Crippen LogP contribution is -2.41. The molecule has 1 amide bonds. The summed E-state index contributed by atoms with van der Waals surface area (Å²) in [4.78, 5) is 19.2. The normalized spacial score (nSPS) is 21.5. The number of rotatable bonds is 4. The van der Waals surface area contributed by atoms with Gasteiger partial charge >= 0.3 is 0 Å². The van der Waals surface area contributed by atoms with E-state index in [1.807, 2.05) is 23.4 Å². The third-order valence-electron chi connectivity index (χ3n) is 5.02. The summed E-state index contributed by atoms with van der Waals surface area (Å²) in [7, 11) is 0. The van der Waals surface area contributed by atoms with Crippen LogP contribution >= 0.6 is 0 Å². The fourth-order valence-electron chi connectivity index (χ4n) is 3.56. The summed E-state index contributed by atoms with van der Waals surface area (Å²) in [5, 5.41) is 4.00. The minimum atomic E-state index is -0.0124. The molecule has 24 heavy (non-hydrogen) atoms. The number of nitrogens with zero attached hydrogens (tertiary/aromatic N) is 4. The largest absolute Gasteiger partial charge is 0.360 e. The van der Waals surface area contributed by atoms with Gasteiger partial charge in [0.2, 0.25) is 0 Å². The van der Waals surface area contributed by atoms with Gasteiger partial charge in [0, 0.05) is 43.4 Å². The maximum atomic E-state index is 12.8. The van der Waals surface area contributed by atoms with Crippen LogP contribution in [0.3, 0.4) is 0 Å². The predicted molar refractivity (Wildman–Crippen MR) is 89.0 cm³/mol. The molecule has 2 aliphatic rings. The van der Waals surface area contributed by atoms with E-state index in [1.54, 1.807) is 0 Å². The van der Waals surface area contributed by atoms with E-state index < -0.39 is 0 Å². The zero-order valence-electron chi connectivity index (χ0n) is 14.3. The molecule has 0 bridgehead atoms. The van der Waals surface area contributed by atoms with Crippen molar-refractivity contribution >= 4 is 5.91 Å². The molecule has 0 N–H and O–H groups in total. The average molecular weight is 328 g/mol. The van der Waals surface area contributed by atoms with Crippen LogP contribution in [0.2, 0.25) is 0 Å². The minimum absolute atomic E-state index is 0.0124. The Balaban J connectivity index is 1.49. The van der Waals surface area contributed by atoms with Gasteiger partial charge in [-0.15, -0.1) is 0 Å². The molecule has 1 saturated carbocycles. The standard InChI is InChI=1S/C18H24N4O2/c1-12(2)17-19-7-9-22(17)14-4-3-8-21(11-14)18(23)15-10-16(24-20-15)13-5-6-13/h7,9-10,12-14H,3-6,8,11H2,1-2H3/t14-/m0/s1. The Labute approximate surface area is 141 Å². The topological polar surface area (TPSA) is 64.2 Å². The molecular formula is C18H24N4O2. The van der Waals surface area contributed by atoms with Gasteiger partial charge in [-0.1, -0.05) is 19.0 Å². The van der Waals surface area contributed by atoms with Crippen LogP contribution in [-0.4, -0.2) is 38.6 Å². The zero-order chi connectivity index (χ0) is 16.7. The van der Waals surface area contributed by atoms with E-state index >= 15 is 0 Å². The van der Waals surface area contributed by atoms with Gasteiger partial charge in [-0.2, -0.15) is 0 Å². The van der Waals surface area contributed by atoms with E-state index in [0.29, 0.717) is 24.1 Å². The maximum absolute atomic E-state index is 12.8. The maximum Gasteiger partial charge on any atom is 0.276 e. The number of likely N-dealkylation sites (tertiary alicyclic amines) is 1. The highest BCUT2D eigenvalue weighted by Crippen LogP contribution is 2.40. The highest BCUT2D eigenvalue weighted by atomic mass is 16.5. The van der Waals surface area contributed by atoms with Gasteiger partial charge in [0.05, 0.1) is 6.04 Å². The number of hydrogen-bond donors (Lipinski definition) is 0. The fourth-order valence-corrected chi connectivity index (χ4v) is 3.56. The van der Waals surface area contributed by atoms with Gasteiger partial charge in [-0.3, -0.25) is 4.79 Å². The first-order valence-corrected chi connectivity index (χ1v) is 8.92. The lowest BCUT2D eigenvalue weighted by Gasteiger charge is -2.34. The molecule has 0 aromatic carbocycles. The summed E-state index contributed by atoms with van der Waals surface area (Å²) in [5.41, 5.74) is 0.451. The average Bonchev–Trinajstić information content (AvgIpc) is 3.13. The van der Waals surface area contributed by atoms with Crippen molar-refractivity contribution in [2.45, 2.75) is 57.4 Å². The lowest BCUT2D eigenvalue weighted by molar-refractivity contribution is 0.0667. The second kappa shape index (κ2) is 6.07. The van der Waals surface area contributed by atoms with Crippen molar-refractivity contribution in [3.63, 3.8) is 0 Å². The van der Waals surface area contributed by atoms with E-state index in [0.717, 1.165) is 43.8 Å². The Hall–Kier alpha value is -2.11. The molecule has 4 rings (SSSR count). The van der Waals surface area contributed by atoms with Crippen LogP contribution in [0.4, 0.5) is 0 Å². The van der Waals surface area contributed by atoms with E-state index in [9.17, 15) is 4.79 Å². The molecule has 2 aromatic heterocycles. The molecule has 1 aliphatic heterocycles. The molecule has 1 saturated heterocycles. The quantitative estimate of drug-likeness (QED) is 0.863. The van der Waals surface area contributed by atoms with Gasteiger partial charge < -0.3 is 14.0 Å². The molecule has 0 unspecified atom stereocenters. The monoisotopic (exact) mass is 328 g/mol. The summed E-state index contributed by atoms with van der Waals surface area (Å²) < 4.78 is 7.58. The minimum Gasteiger partial charge on any atom is -0.360 e. The molecule has 3 heterocycles. The number of carbonyl (C=O) groups is 1. The van der Waals surface area contributed by atoms with Crippen LogP contribution in [0.1, 0.15) is 79.5 Å². The van der Waals surface area contributed by atoms with E-state index in [4.69, 9.17) is 4.52 Å². The Morgan fingerprint density at radius 1 is 1.33 bits per heavy atom. The van der Waals surface area contributed by atoms with Gasteiger partial charge in [-0.05, 0) is 25.7 Å². The lowest BCUT2D eigenvalue weighted by atomic mass is 10.0. The molecule has 0 radical (unpaired) electrons. The first-order valence-electron chi connectivity index (χ1n) is 8.92. The second-order valence-electron chi connectivity index (χ2n) is 7.28. The van der Waals surface area contributed by atoms with Gasteiger partial charge in [0.25, 0.3) is 5.91 Å². The van der Waals surface area contributed by atoms with Gasteiger partial charge in [-0.25, -0.2) is 4.98 Å². The Bertz CT molecular complexity index is 729. The SMILES string of the molecule is CC(C)c1nccn1[C@H]1CCCN(C(=O)c2cc(C3CC3)on2)C1. The molecular weight excluding hydrogens is 304 g/mol. The number of piperidine rings is 1. The summed E-state index contributed by atoms with van der Waals surface area (Å²) in [6.45, 7) is 5.80. The smallest absolute Gasteiger partial charge is 0.276 e. The van der Waals surface area contributed by atoms with E-state index in [2.05, 4.69) is 28.6 Å². The van der Waals surface area contributed by atoms with Crippen molar-refractivity contribution in [1.29, 1.82) is 0 Å². The van der Waals surface area contributed by atoms with Crippen molar-refractivity contribution in [3.05, 3.63) is 35.7 Å². The van der Waals surface area contributed by atoms with E-state index in [-0.39, 0.29) is 11.9 Å². The van der Waals surface area contributed by atoms with Crippen molar-refractivity contribution in [2.75, 3.05) is 13.1 Å². The molecule has 1 atom stereocenters. The van der Waals surface area contributed by atoms with Crippen molar-refractivity contribution in [2.24, 2.45) is 0 Å². The molecule has 2 aromatic rings. The first kappa shape index (κ1) is 15.4. The first-order chi connectivity index (χ1) is 11.6. The number of hydrogen-bond acceptors (Lipinski definition) is 4. The summed E-state index contributed by atoms with van der Waals surface area (Å²) in [6.07, 6.45) is 8.26. The molecule has 0 spiro atoms. The highest BCUT2D eigenvalue weighted by Gasteiger charge is 2.32. The summed E-state index contributed by atoms with van der Waals surface area (Å²) in [6, 6.07) is 2.12. The third-order valence-corrected chi connectivity index (χ3v) is 5.02. The highest BCUT2D eigenvalue weighted by molar-refractivity contribution is 5.92. The number of imidazole rings is 1. The Kier molecular flexibility index (Phi) is 3.90. The van der Waals surface area contributed by atoms with Gasteiger partial charge in [0.1, 0.15) is 11.6 Å². The van der Waals surface area contributed by atoms with Crippen LogP contribution in [0.5, 0.6) is 0 Å². The molecule has 6 nitrogen and oxygen atoms in total. The van der Waals surface area contributed by atoms with Crippen molar-refractivity contribution < 1.29 is 9.32 Å². The summed E-state index contributed by atoms with van der Waals surface area (Å²) >= 11 is 0. The number of amides is 1. The van der Waals surface area contributed by atoms with Gasteiger partial charge in [0.15, 0.2) is 5.69 Å². The van der Waals surface area contributed by atoms with Crippen LogP contribution < -0.4 is 0 Å². The second-order valence-corrected chi connectivity index (χ2v) is 7.28. The Morgan fingerprint density at radius 2 is 2.17 bits per heavy atom. The van der Waals surface area contributed by atoms with E-state index in [1.165, 1.54) is 0 Å². The molecule has 1 aliphatic carbocycles.